The zero-order chi connectivity index (χ0) is 13.0. The third-order valence-electron chi connectivity index (χ3n) is 3.04. The summed E-state index contributed by atoms with van der Waals surface area (Å²) in [4.78, 5) is 11.0. The van der Waals surface area contributed by atoms with Gasteiger partial charge in [0.1, 0.15) is 17.0 Å². The molecule has 0 aromatic carbocycles. The molecule has 0 aliphatic carbocycles. The van der Waals surface area contributed by atoms with Crippen LogP contribution in [0.1, 0.15) is 31.6 Å². The molecule has 0 bridgehead atoms. The number of aliphatic hydroxyl groups is 1. The Balaban J connectivity index is 2.29. The van der Waals surface area contributed by atoms with Crippen molar-refractivity contribution in [3.8, 4) is 0 Å². The lowest BCUT2D eigenvalue weighted by molar-refractivity contribution is 0.278. The number of hydrogen-bond acceptors (Lipinski definition) is 5. The second-order valence-corrected chi connectivity index (χ2v) is 5.38. The standard InChI is InChI=1S/C13H19N3OS/c1-3-9(5-6-17)16-12-11-7-10(4-2)18-13(11)15-8-14-12/h7-9,17H,3-6H2,1-2H3,(H,14,15,16). The molecule has 0 aliphatic heterocycles. The molecule has 2 heterocycles. The first-order valence-corrected chi connectivity index (χ1v) is 7.20. The highest BCUT2D eigenvalue weighted by atomic mass is 32.1. The maximum absolute atomic E-state index is 9.03. The minimum absolute atomic E-state index is 0.198. The number of aliphatic hydroxyl groups excluding tert-OH is 1. The average molecular weight is 265 g/mol. The summed E-state index contributed by atoms with van der Waals surface area (Å²) >= 11 is 1.72. The average Bonchev–Trinajstić information content (AvgIpc) is 2.82. The topological polar surface area (TPSA) is 58.0 Å². The van der Waals surface area contributed by atoms with Gasteiger partial charge in [-0.05, 0) is 25.3 Å². The van der Waals surface area contributed by atoms with Crippen LogP contribution in [0.2, 0.25) is 0 Å². The highest BCUT2D eigenvalue weighted by Gasteiger charge is 2.11. The predicted octanol–water partition coefficient (Wildman–Crippen LogP) is 2.83. The summed E-state index contributed by atoms with van der Waals surface area (Å²) < 4.78 is 0. The van der Waals surface area contributed by atoms with E-state index in [0.29, 0.717) is 0 Å². The van der Waals surface area contributed by atoms with Gasteiger partial charge in [-0.3, -0.25) is 0 Å². The van der Waals surface area contributed by atoms with Crippen LogP contribution < -0.4 is 5.32 Å². The van der Waals surface area contributed by atoms with Gasteiger partial charge in [0.2, 0.25) is 0 Å². The lowest BCUT2D eigenvalue weighted by Crippen LogP contribution is -2.20. The molecule has 5 heteroatoms. The van der Waals surface area contributed by atoms with Gasteiger partial charge in [-0.15, -0.1) is 11.3 Å². The molecule has 0 radical (unpaired) electrons. The largest absolute Gasteiger partial charge is 0.396 e. The highest BCUT2D eigenvalue weighted by Crippen LogP contribution is 2.29. The van der Waals surface area contributed by atoms with Crippen LogP contribution in [-0.2, 0) is 6.42 Å². The molecule has 0 fully saturated rings. The molecule has 2 aromatic heterocycles. The van der Waals surface area contributed by atoms with Gasteiger partial charge in [-0.1, -0.05) is 13.8 Å². The van der Waals surface area contributed by atoms with E-state index in [0.717, 1.165) is 35.3 Å². The number of fused-ring (bicyclic) bond motifs is 1. The summed E-state index contributed by atoms with van der Waals surface area (Å²) in [6, 6.07) is 2.42. The first kappa shape index (κ1) is 13.2. The summed E-state index contributed by atoms with van der Waals surface area (Å²) in [6.07, 6.45) is 4.34. The fraction of sp³-hybridized carbons (Fsp3) is 0.538. The van der Waals surface area contributed by atoms with E-state index in [-0.39, 0.29) is 12.6 Å². The van der Waals surface area contributed by atoms with Crippen molar-refractivity contribution in [3.63, 3.8) is 0 Å². The Morgan fingerprint density at radius 2 is 2.22 bits per heavy atom. The van der Waals surface area contributed by atoms with E-state index < -0.39 is 0 Å². The molecule has 2 aromatic rings. The summed E-state index contributed by atoms with van der Waals surface area (Å²) in [5.74, 6) is 0.885. The molecule has 0 saturated heterocycles. The Bertz CT molecular complexity index is 512. The molecule has 18 heavy (non-hydrogen) atoms. The van der Waals surface area contributed by atoms with E-state index in [1.807, 2.05) is 0 Å². The molecular weight excluding hydrogens is 246 g/mol. The van der Waals surface area contributed by atoms with Crippen molar-refractivity contribution in [1.82, 2.24) is 9.97 Å². The number of thiophene rings is 1. The summed E-state index contributed by atoms with van der Waals surface area (Å²) in [7, 11) is 0. The quantitative estimate of drug-likeness (QED) is 0.843. The molecule has 1 atom stereocenters. The number of aromatic nitrogens is 2. The van der Waals surface area contributed by atoms with Crippen molar-refractivity contribution in [3.05, 3.63) is 17.3 Å². The van der Waals surface area contributed by atoms with E-state index >= 15 is 0 Å². The number of hydrogen-bond donors (Lipinski definition) is 2. The Hall–Kier alpha value is -1.20. The Kier molecular flexibility index (Phi) is 4.49. The van der Waals surface area contributed by atoms with Gasteiger partial charge < -0.3 is 10.4 Å². The zero-order valence-electron chi connectivity index (χ0n) is 10.8. The fourth-order valence-electron chi connectivity index (χ4n) is 1.92. The Morgan fingerprint density at radius 1 is 1.39 bits per heavy atom. The van der Waals surface area contributed by atoms with Gasteiger partial charge in [-0.25, -0.2) is 9.97 Å². The molecule has 0 saturated carbocycles. The normalized spacial score (nSPS) is 12.8. The van der Waals surface area contributed by atoms with Gasteiger partial charge in [0.15, 0.2) is 0 Å². The van der Waals surface area contributed by atoms with Crippen molar-refractivity contribution >= 4 is 27.4 Å². The van der Waals surface area contributed by atoms with Crippen LogP contribution in [0.15, 0.2) is 12.4 Å². The lowest BCUT2D eigenvalue weighted by Gasteiger charge is -2.16. The van der Waals surface area contributed by atoms with Crippen LogP contribution in [-0.4, -0.2) is 27.7 Å². The Labute approximate surface area is 111 Å². The molecule has 2 rings (SSSR count). The number of nitrogens with zero attached hydrogens (tertiary/aromatic N) is 2. The number of aryl methyl sites for hydroxylation is 1. The van der Waals surface area contributed by atoms with Crippen LogP contribution in [0.4, 0.5) is 5.82 Å². The minimum atomic E-state index is 0.198. The SMILES string of the molecule is CCc1cc2c(NC(CC)CCO)ncnc2s1. The van der Waals surface area contributed by atoms with Crippen molar-refractivity contribution in [2.45, 2.75) is 39.2 Å². The van der Waals surface area contributed by atoms with Gasteiger partial charge in [0.25, 0.3) is 0 Å². The molecule has 0 amide bonds. The molecule has 98 valence electrons. The van der Waals surface area contributed by atoms with Gasteiger partial charge in [-0.2, -0.15) is 0 Å². The van der Waals surface area contributed by atoms with Crippen LogP contribution in [0.25, 0.3) is 10.2 Å². The second-order valence-electron chi connectivity index (χ2n) is 4.27. The van der Waals surface area contributed by atoms with Gasteiger partial charge in [0, 0.05) is 17.5 Å². The molecule has 0 spiro atoms. The zero-order valence-corrected chi connectivity index (χ0v) is 11.6. The van der Waals surface area contributed by atoms with E-state index in [1.54, 1.807) is 17.7 Å². The molecule has 1 unspecified atom stereocenters. The summed E-state index contributed by atoms with van der Waals surface area (Å²) in [5.41, 5.74) is 0. The maximum atomic E-state index is 9.03. The van der Waals surface area contributed by atoms with Crippen LogP contribution in [0, 0.1) is 0 Å². The second kappa shape index (κ2) is 6.11. The molecule has 4 nitrogen and oxygen atoms in total. The van der Waals surface area contributed by atoms with E-state index in [1.165, 1.54) is 4.88 Å². The monoisotopic (exact) mass is 265 g/mol. The summed E-state index contributed by atoms with van der Waals surface area (Å²) in [6.45, 7) is 4.45. The minimum Gasteiger partial charge on any atom is -0.396 e. The van der Waals surface area contributed by atoms with E-state index in [9.17, 15) is 0 Å². The van der Waals surface area contributed by atoms with Crippen LogP contribution in [0.5, 0.6) is 0 Å². The maximum Gasteiger partial charge on any atom is 0.138 e. The van der Waals surface area contributed by atoms with E-state index in [4.69, 9.17) is 5.11 Å². The third-order valence-corrected chi connectivity index (χ3v) is 4.23. The number of nitrogens with one attached hydrogen (secondary N) is 1. The van der Waals surface area contributed by atoms with Crippen LogP contribution in [0.3, 0.4) is 0 Å². The van der Waals surface area contributed by atoms with Gasteiger partial charge >= 0.3 is 0 Å². The molecule has 2 N–H and O–H groups in total. The number of rotatable bonds is 6. The van der Waals surface area contributed by atoms with E-state index in [2.05, 4.69) is 35.2 Å². The first-order valence-electron chi connectivity index (χ1n) is 6.39. The highest BCUT2D eigenvalue weighted by molar-refractivity contribution is 7.18. The number of anilines is 1. The van der Waals surface area contributed by atoms with Crippen molar-refractivity contribution in [2.75, 3.05) is 11.9 Å². The third kappa shape index (κ3) is 2.79. The van der Waals surface area contributed by atoms with Gasteiger partial charge in [0.05, 0.1) is 5.39 Å². The fourth-order valence-corrected chi connectivity index (χ4v) is 2.86. The van der Waals surface area contributed by atoms with Crippen molar-refractivity contribution < 1.29 is 5.11 Å². The van der Waals surface area contributed by atoms with Crippen LogP contribution >= 0.6 is 11.3 Å². The van der Waals surface area contributed by atoms with Crippen molar-refractivity contribution in [2.24, 2.45) is 0 Å². The molecular formula is C13H19N3OS. The Morgan fingerprint density at radius 3 is 2.89 bits per heavy atom. The summed E-state index contributed by atoms with van der Waals surface area (Å²) in [5, 5.41) is 13.5. The lowest BCUT2D eigenvalue weighted by atomic mass is 10.1. The predicted molar refractivity (Wildman–Crippen MR) is 76.2 cm³/mol. The van der Waals surface area contributed by atoms with Crippen molar-refractivity contribution in [1.29, 1.82) is 0 Å². The first-order chi connectivity index (χ1) is 8.78. The molecule has 0 aliphatic rings. The smallest absolute Gasteiger partial charge is 0.138 e.